The second kappa shape index (κ2) is 8.88. The Kier molecular flexibility index (Phi) is 7.87. The molecule has 120 valence electrons. The molecule has 1 aromatic heterocycles. The van der Waals surface area contributed by atoms with Gasteiger partial charge in [0.15, 0.2) is 0 Å². The Morgan fingerprint density at radius 2 is 2.05 bits per heavy atom. The van der Waals surface area contributed by atoms with Crippen molar-refractivity contribution in [3.05, 3.63) is 20.8 Å². The van der Waals surface area contributed by atoms with Gasteiger partial charge in [-0.2, -0.15) is 0 Å². The van der Waals surface area contributed by atoms with Crippen molar-refractivity contribution in [3.63, 3.8) is 0 Å². The summed E-state index contributed by atoms with van der Waals surface area (Å²) < 4.78 is 1.10. The Bertz CT molecular complexity index is 450. The van der Waals surface area contributed by atoms with Crippen molar-refractivity contribution in [1.82, 2.24) is 9.80 Å². The Hall–Kier alpha value is -0.430. The lowest BCUT2D eigenvalue weighted by atomic mass is 10.0. The van der Waals surface area contributed by atoms with E-state index < -0.39 is 0 Å². The normalized spacial score (nSPS) is 14.2. The summed E-state index contributed by atoms with van der Waals surface area (Å²) in [5.74, 6) is 0.118. The molecule has 1 amide bonds. The zero-order chi connectivity index (χ0) is 16.0. The number of carbonyl (C=O) groups is 1. The van der Waals surface area contributed by atoms with E-state index in [2.05, 4.69) is 40.7 Å². The van der Waals surface area contributed by atoms with Crippen LogP contribution in [0.2, 0.25) is 0 Å². The molecular formula is C15H26BrN3OS. The van der Waals surface area contributed by atoms with Gasteiger partial charge in [-0.3, -0.25) is 9.69 Å². The van der Waals surface area contributed by atoms with Crippen molar-refractivity contribution in [2.75, 3.05) is 27.2 Å². The van der Waals surface area contributed by atoms with Crippen LogP contribution in [0.1, 0.15) is 37.6 Å². The van der Waals surface area contributed by atoms with E-state index in [0.717, 1.165) is 23.2 Å². The first kappa shape index (κ1) is 18.6. The molecule has 1 heterocycles. The largest absolute Gasteiger partial charge is 0.348 e. The van der Waals surface area contributed by atoms with E-state index >= 15 is 0 Å². The van der Waals surface area contributed by atoms with E-state index in [1.54, 1.807) is 30.3 Å². The van der Waals surface area contributed by atoms with E-state index in [4.69, 9.17) is 5.73 Å². The minimum atomic E-state index is 0.0251. The lowest BCUT2D eigenvalue weighted by molar-refractivity contribution is -0.130. The van der Waals surface area contributed by atoms with Gasteiger partial charge in [-0.15, -0.1) is 11.3 Å². The van der Waals surface area contributed by atoms with Gasteiger partial charge >= 0.3 is 0 Å². The van der Waals surface area contributed by atoms with Crippen LogP contribution in [0, 0.1) is 0 Å². The molecule has 21 heavy (non-hydrogen) atoms. The lowest BCUT2D eigenvalue weighted by Crippen LogP contribution is -2.45. The molecular weight excluding hydrogens is 350 g/mol. The highest BCUT2D eigenvalue weighted by Crippen LogP contribution is 2.33. The van der Waals surface area contributed by atoms with E-state index in [0.29, 0.717) is 6.54 Å². The molecule has 4 nitrogen and oxygen atoms in total. The number of nitrogens with zero attached hydrogens (tertiary/aromatic N) is 2. The SMILES string of the molecule is CCCN(CC(=O)N(C)C)C(c1ccc(Br)s1)C(N)CC. The Morgan fingerprint density at radius 1 is 1.38 bits per heavy atom. The molecule has 1 rings (SSSR count). The van der Waals surface area contributed by atoms with Gasteiger partial charge in [-0.1, -0.05) is 13.8 Å². The van der Waals surface area contributed by atoms with Crippen LogP contribution in [0.15, 0.2) is 15.9 Å². The predicted molar refractivity (Wildman–Crippen MR) is 93.6 cm³/mol. The summed E-state index contributed by atoms with van der Waals surface area (Å²) in [5, 5.41) is 0. The minimum Gasteiger partial charge on any atom is -0.348 e. The molecule has 6 heteroatoms. The molecule has 0 fully saturated rings. The van der Waals surface area contributed by atoms with Crippen molar-refractivity contribution < 1.29 is 4.79 Å². The summed E-state index contributed by atoms with van der Waals surface area (Å²) in [6, 6.07) is 4.28. The zero-order valence-electron chi connectivity index (χ0n) is 13.3. The highest BCUT2D eigenvalue weighted by atomic mass is 79.9. The molecule has 2 unspecified atom stereocenters. The summed E-state index contributed by atoms with van der Waals surface area (Å²) in [7, 11) is 3.59. The maximum absolute atomic E-state index is 12.1. The topological polar surface area (TPSA) is 49.6 Å². The van der Waals surface area contributed by atoms with Crippen molar-refractivity contribution in [3.8, 4) is 0 Å². The van der Waals surface area contributed by atoms with Gasteiger partial charge in [0.05, 0.1) is 16.4 Å². The first-order valence-electron chi connectivity index (χ1n) is 7.35. The first-order valence-corrected chi connectivity index (χ1v) is 8.96. The third-order valence-electron chi connectivity index (χ3n) is 3.50. The summed E-state index contributed by atoms with van der Waals surface area (Å²) in [6.45, 7) is 5.51. The number of halogens is 1. The standard InChI is InChI=1S/C15H26BrN3OS/c1-5-9-19(10-14(20)18(3)4)15(11(17)6-2)12-7-8-13(16)21-12/h7-8,11,15H,5-6,9-10,17H2,1-4H3. The number of amides is 1. The van der Waals surface area contributed by atoms with Crippen molar-refractivity contribution >= 4 is 33.2 Å². The second-order valence-corrected chi connectivity index (χ2v) is 7.91. The van der Waals surface area contributed by atoms with Crippen molar-refractivity contribution in [2.45, 2.75) is 38.8 Å². The van der Waals surface area contributed by atoms with Crippen LogP contribution in [0.25, 0.3) is 0 Å². The third-order valence-corrected chi connectivity index (χ3v) is 5.20. The summed E-state index contributed by atoms with van der Waals surface area (Å²) >= 11 is 5.22. The fourth-order valence-corrected chi connectivity index (χ4v) is 3.93. The quantitative estimate of drug-likeness (QED) is 0.759. The van der Waals surface area contributed by atoms with Gasteiger partial charge in [0.25, 0.3) is 0 Å². The fraction of sp³-hybridized carbons (Fsp3) is 0.667. The highest BCUT2D eigenvalue weighted by molar-refractivity contribution is 9.11. The Balaban J connectivity index is 3.03. The molecule has 0 aliphatic rings. The molecule has 1 aromatic rings. The first-order chi connectivity index (χ1) is 9.90. The number of hydrogen-bond acceptors (Lipinski definition) is 4. The molecule has 2 N–H and O–H groups in total. The van der Waals surface area contributed by atoms with Crippen LogP contribution >= 0.6 is 27.3 Å². The average Bonchev–Trinajstić information content (AvgIpc) is 2.85. The smallest absolute Gasteiger partial charge is 0.236 e. The van der Waals surface area contributed by atoms with Crippen molar-refractivity contribution in [2.24, 2.45) is 5.73 Å². The summed E-state index contributed by atoms with van der Waals surface area (Å²) in [4.78, 5) is 17.2. The third kappa shape index (κ3) is 5.36. The van der Waals surface area contributed by atoms with Gasteiger partial charge in [0.2, 0.25) is 5.91 Å². The summed E-state index contributed by atoms with van der Waals surface area (Å²) in [5.41, 5.74) is 6.37. The van der Waals surface area contributed by atoms with E-state index in [1.165, 1.54) is 4.88 Å². The van der Waals surface area contributed by atoms with Gasteiger partial charge in [0.1, 0.15) is 0 Å². The van der Waals surface area contributed by atoms with Crippen LogP contribution in [0.5, 0.6) is 0 Å². The number of rotatable bonds is 8. The number of nitrogens with two attached hydrogens (primary N) is 1. The lowest BCUT2D eigenvalue weighted by Gasteiger charge is -2.34. The molecule has 0 radical (unpaired) electrons. The molecule has 0 aromatic carbocycles. The molecule has 0 aliphatic carbocycles. The number of carbonyl (C=O) groups excluding carboxylic acids is 1. The van der Waals surface area contributed by atoms with E-state index in [-0.39, 0.29) is 18.0 Å². The predicted octanol–water partition coefficient (Wildman–Crippen LogP) is 3.09. The second-order valence-electron chi connectivity index (χ2n) is 5.42. The molecule has 2 atom stereocenters. The van der Waals surface area contributed by atoms with Gasteiger partial charge in [0, 0.05) is 25.0 Å². The van der Waals surface area contributed by atoms with Crippen LogP contribution in [0.4, 0.5) is 0 Å². The number of hydrogen-bond donors (Lipinski definition) is 1. The summed E-state index contributed by atoms with van der Waals surface area (Å²) in [6.07, 6.45) is 1.89. The molecule has 0 bridgehead atoms. The van der Waals surface area contributed by atoms with Crippen LogP contribution in [0.3, 0.4) is 0 Å². The number of likely N-dealkylation sites (N-methyl/N-ethyl adjacent to an activating group) is 1. The zero-order valence-corrected chi connectivity index (χ0v) is 15.7. The Labute approximate surface area is 140 Å². The fourth-order valence-electron chi connectivity index (χ4n) is 2.29. The average molecular weight is 376 g/mol. The molecule has 0 aliphatic heterocycles. The molecule has 0 saturated heterocycles. The van der Waals surface area contributed by atoms with Gasteiger partial charge in [-0.05, 0) is 47.4 Å². The maximum Gasteiger partial charge on any atom is 0.236 e. The van der Waals surface area contributed by atoms with Crippen LogP contribution < -0.4 is 5.73 Å². The molecule has 0 spiro atoms. The number of thiophene rings is 1. The highest BCUT2D eigenvalue weighted by Gasteiger charge is 2.28. The van der Waals surface area contributed by atoms with Gasteiger partial charge < -0.3 is 10.6 Å². The van der Waals surface area contributed by atoms with Crippen molar-refractivity contribution in [1.29, 1.82) is 0 Å². The van der Waals surface area contributed by atoms with Crippen LogP contribution in [-0.4, -0.2) is 48.9 Å². The minimum absolute atomic E-state index is 0.0251. The maximum atomic E-state index is 12.1. The Morgan fingerprint density at radius 3 is 2.48 bits per heavy atom. The molecule has 0 saturated carbocycles. The van der Waals surface area contributed by atoms with E-state index in [1.807, 2.05) is 6.07 Å². The van der Waals surface area contributed by atoms with Gasteiger partial charge in [-0.25, -0.2) is 0 Å². The van der Waals surface area contributed by atoms with E-state index in [9.17, 15) is 4.79 Å². The van der Waals surface area contributed by atoms with Crippen LogP contribution in [-0.2, 0) is 4.79 Å². The monoisotopic (exact) mass is 375 g/mol.